The number of nitrogens with one attached hydrogen (secondary N) is 1. The van der Waals surface area contributed by atoms with E-state index in [0.29, 0.717) is 22.4 Å². The van der Waals surface area contributed by atoms with E-state index in [0.717, 1.165) is 30.0 Å². The van der Waals surface area contributed by atoms with E-state index in [-0.39, 0.29) is 11.8 Å². The minimum Gasteiger partial charge on any atom is -0.372 e. The number of amides is 1. The molecule has 1 aliphatic rings. The van der Waals surface area contributed by atoms with Crippen molar-refractivity contribution in [3.05, 3.63) is 46.8 Å². The minimum atomic E-state index is -0.169. The van der Waals surface area contributed by atoms with Crippen LogP contribution < -0.4 is 10.2 Å². The Hall–Kier alpha value is -2.89. The lowest BCUT2D eigenvalue weighted by atomic mass is 10.0. The van der Waals surface area contributed by atoms with Crippen molar-refractivity contribution in [2.45, 2.75) is 46.5 Å². The summed E-state index contributed by atoms with van der Waals surface area (Å²) in [5.74, 6) is 0.0143. The maximum Gasteiger partial charge on any atom is 0.259 e. The van der Waals surface area contributed by atoms with Gasteiger partial charge >= 0.3 is 0 Å². The molecule has 1 aromatic carbocycles. The van der Waals surface area contributed by atoms with Crippen molar-refractivity contribution in [3.8, 4) is 0 Å². The Kier molecular flexibility index (Phi) is 4.79. The molecule has 1 N–H and O–H groups in total. The third kappa shape index (κ3) is 3.35. The number of rotatable bonds is 4. The van der Waals surface area contributed by atoms with E-state index in [1.807, 2.05) is 39.8 Å². The summed E-state index contributed by atoms with van der Waals surface area (Å²) in [7, 11) is 0. The summed E-state index contributed by atoms with van der Waals surface area (Å²) < 4.78 is 5.33. The summed E-state index contributed by atoms with van der Waals surface area (Å²) in [5.41, 5.74) is 5.54. The Morgan fingerprint density at radius 3 is 2.61 bits per heavy atom. The van der Waals surface area contributed by atoms with Crippen molar-refractivity contribution < 1.29 is 9.32 Å². The van der Waals surface area contributed by atoms with Gasteiger partial charge in [0, 0.05) is 30.2 Å². The zero-order valence-electron chi connectivity index (χ0n) is 16.9. The molecule has 28 heavy (non-hydrogen) atoms. The van der Waals surface area contributed by atoms with Crippen LogP contribution in [0.25, 0.3) is 11.1 Å². The minimum absolute atomic E-state index is 0.169. The van der Waals surface area contributed by atoms with Gasteiger partial charge in [-0.15, -0.1) is 0 Å². The van der Waals surface area contributed by atoms with Crippen molar-refractivity contribution in [2.24, 2.45) is 0 Å². The number of nitrogens with zero attached hydrogens (tertiary/aromatic N) is 3. The molecule has 2 aromatic heterocycles. The molecule has 3 heterocycles. The van der Waals surface area contributed by atoms with E-state index >= 15 is 0 Å². The number of hydrogen-bond donors (Lipinski definition) is 1. The summed E-state index contributed by atoms with van der Waals surface area (Å²) >= 11 is 0. The Morgan fingerprint density at radius 1 is 1.18 bits per heavy atom. The van der Waals surface area contributed by atoms with Crippen LogP contribution in [0.5, 0.6) is 0 Å². The van der Waals surface area contributed by atoms with E-state index in [2.05, 4.69) is 32.5 Å². The maximum atomic E-state index is 13.1. The molecule has 0 radical (unpaired) electrons. The first-order valence-corrected chi connectivity index (χ1v) is 9.88. The van der Waals surface area contributed by atoms with E-state index < -0.39 is 0 Å². The molecule has 0 unspecified atom stereocenters. The van der Waals surface area contributed by atoms with Crippen molar-refractivity contribution >= 4 is 28.4 Å². The third-order valence-electron chi connectivity index (χ3n) is 5.40. The molecule has 6 heteroatoms. The summed E-state index contributed by atoms with van der Waals surface area (Å²) in [6.07, 6.45) is 2.48. The van der Waals surface area contributed by atoms with Gasteiger partial charge in [0.1, 0.15) is 0 Å². The van der Waals surface area contributed by atoms with Crippen LogP contribution in [-0.4, -0.2) is 29.1 Å². The Bertz CT molecular complexity index is 1030. The largest absolute Gasteiger partial charge is 0.372 e. The fourth-order valence-electron chi connectivity index (χ4n) is 3.74. The molecule has 0 aliphatic carbocycles. The van der Waals surface area contributed by atoms with E-state index in [9.17, 15) is 4.79 Å². The number of carbonyl (C=O) groups is 1. The monoisotopic (exact) mass is 378 g/mol. The molecule has 146 valence electrons. The van der Waals surface area contributed by atoms with Crippen LogP contribution in [-0.2, 0) is 0 Å². The first-order valence-electron chi connectivity index (χ1n) is 9.88. The first-order chi connectivity index (χ1) is 13.4. The molecule has 1 fully saturated rings. The van der Waals surface area contributed by atoms with Crippen LogP contribution in [0, 0.1) is 13.8 Å². The number of aryl methyl sites for hydroxylation is 2. The predicted molar refractivity (Wildman–Crippen MR) is 111 cm³/mol. The Morgan fingerprint density at radius 2 is 1.93 bits per heavy atom. The van der Waals surface area contributed by atoms with Gasteiger partial charge in [0.2, 0.25) is 0 Å². The maximum absolute atomic E-state index is 13.1. The fraction of sp³-hybridized carbons (Fsp3) is 0.409. The molecule has 1 aliphatic heterocycles. The lowest BCUT2D eigenvalue weighted by Crippen LogP contribution is -2.18. The molecule has 0 spiro atoms. The number of aromatic nitrogens is 2. The van der Waals surface area contributed by atoms with Gasteiger partial charge in [-0.2, -0.15) is 0 Å². The second-order valence-corrected chi connectivity index (χ2v) is 7.85. The number of anilines is 2. The van der Waals surface area contributed by atoms with E-state index in [1.54, 1.807) is 0 Å². The fourth-order valence-corrected chi connectivity index (χ4v) is 3.74. The number of benzene rings is 1. The average Bonchev–Trinajstić information content (AvgIpc) is 3.33. The summed E-state index contributed by atoms with van der Waals surface area (Å²) in [5, 5.41) is 7.74. The van der Waals surface area contributed by atoms with Gasteiger partial charge in [-0.3, -0.25) is 4.79 Å². The molecule has 0 saturated carbocycles. The van der Waals surface area contributed by atoms with E-state index in [4.69, 9.17) is 4.52 Å². The quantitative estimate of drug-likeness (QED) is 0.705. The lowest BCUT2D eigenvalue weighted by Gasteiger charge is -2.19. The predicted octanol–water partition coefficient (Wildman–Crippen LogP) is 4.82. The first kappa shape index (κ1) is 18.5. The highest BCUT2D eigenvalue weighted by Crippen LogP contribution is 2.28. The molecule has 6 nitrogen and oxygen atoms in total. The molecular weight excluding hydrogens is 352 g/mol. The standard InChI is InChI=1S/C22H26N4O2/c1-13(2)19-12-17(20-15(4)25-28-22(20)24-19)21(27)23-18-8-7-16(11-14(18)3)26-9-5-6-10-26/h7-8,11-13H,5-6,9-10H2,1-4H3,(H,23,27). The van der Waals surface area contributed by atoms with Crippen molar-refractivity contribution in [1.29, 1.82) is 0 Å². The molecule has 1 amide bonds. The van der Waals surface area contributed by atoms with Crippen LogP contribution in [0.2, 0.25) is 0 Å². The van der Waals surface area contributed by atoms with Crippen molar-refractivity contribution in [3.63, 3.8) is 0 Å². The highest BCUT2D eigenvalue weighted by atomic mass is 16.5. The SMILES string of the molecule is Cc1cc(N2CCCC2)ccc1NC(=O)c1cc(C(C)C)nc2onc(C)c12. The van der Waals surface area contributed by atoms with Gasteiger partial charge < -0.3 is 14.7 Å². The number of hydrogen-bond acceptors (Lipinski definition) is 5. The normalized spacial score (nSPS) is 14.2. The molecular formula is C22H26N4O2. The summed E-state index contributed by atoms with van der Waals surface area (Å²) in [4.78, 5) is 20.0. The second kappa shape index (κ2) is 7.26. The zero-order chi connectivity index (χ0) is 19.8. The van der Waals surface area contributed by atoms with Gasteiger partial charge in [0.15, 0.2) is 0 Å². The van der Waals surface area contributed by atoms with Crippen LogP contribution in [0.1, 0.15) is 59.9 Å². The Labute approximate surface area is 164 Å². The Balaban J connectivity index is 1.66. The van der Waals surface area contributed by atoms with Crippen LogP contribution in [0.3, 0.4) is 0 Å². The summed E-state index contributed by atoms with van der Waals surface area (Å²) in [6, 6.07) is 8.07. The number of pyridine rings is 1. The van der Waals surface area contributed by atoms with Crippen LogP contribution >= 0.6 is 0 Å². The molecule has 4 rings (SSSR count). The van der Waals surface area contributed by atoms with Crippen LogP contribution in [0.4, 0.5) is 11.4 Å². The zero-order valence-corrected chi connectivity index (χ0v) is 16.9. The average molecular weight is 378 g/mol. The highest BCUT2D eigenvalue weighted by Gasteiger charge is 2.20. The van der Waals surface area contributed by atoms with E-state index in [1.165, 1.54) is 18.5 Å². The van der Waals surface area contributed by atoms with Gasteiger partial charge in [0.25, 0.3) is 11.6 Å². The number of fused-ring (bicyclic) bond motifs is 1. The summed E-state index contributed by atoms with van der Waals surface area (Å²) in [6.45, 7) is 10.1. The molecule has 0 bridgehead atoms. The van der Waals surface area contributed by atoms with Crippen molar-refractivity contribution in [1.82, 2.24) is 10.1 Å². The lowest BCUT2D eigenvalue weighted by molar-refractivity contribution is 0.102. The molecule has 3 aromatic rings. The highest BCUT2D eigenvalue weighted by molar-refractivity contribution is 6.12. The van der Waals surface area contributed by atoms with Crippen LogP contribution in [0.15, 0.2) is 28.8 Å². The number of carbonyl (C=O) groups excluding carboxylic acids is 1. The van der Waals surface area contributed by atoms with Crippen molar-refractivity contribution in [2.75, 3.05) is 23.3 Å². The smallest absolute Gasteiger partial charge is 0.259 e. The topological polar surface area (TPSA) is 71.3 Å². The van der Waals surface area contributed by atoms with Gasteiger partial charge in [-0.05, 0) is 62.4 Å². The van der Waals surface area contributed by atoms with Gasteiger partial charge in [0.05, 0.1) is 16.6 Å². The third-order valence-corrected chi connectivity index (χ3v) is 5.40. The molecule has 0 atom stereocenters. The molecule has 1 saturated heterocycles. The van der Waals surface area contributed by atoms with Gasteiger partial charge in [-0.25, -0.2) is 4.98 Å². The second-order valence-electron chi connectivity index (χ2n) is 7.85. The van der Waals surface area contributed by atoms with Gasteiger partial charge in [-0.1, -0.05) is 19.0 Å².